The Balaban J connectivity index is 0.980. The molecule has 1 aromatic carbocycles. The van der Waals surface area contributed by atoms with Gasteiger partial charge >= 0.3 is 6.09 Å². The molecule has 2 aliphatic heterocycles. The van der Waals surface area contributed by atoms with Crippen LogP contribution in [0.5, 0.6) is 0 Å². The zero-order valence-electron chi connectivity index (χ0n) is 29.6. The molecule has 0 N–H and O–H groups in total. The molecule has 13 nitrogen and oxygen atoms in total. The first-order valence-electron chi connectivity index (χ1n) is 18.3. The highest BCUT2D eigenvalue weighted by Gasteiger charge is 2.53. The van der Waals surface area contributed by atoms with E-state index in [9.17, 15) is 9.59 Å². The highest BCUT2D eigenvalue weighted by Crippen LogP contribution is 2.48. The number of piperidine rings is 1. The van der Waals surface area contributed by atoms with E-state index < -0.39 is 5.41 Å². The highest BCUT2D eigenvalue weighted by atomic mass is 35.5. The minimum absolute atomic E-state index is 0.0295. The lowest BCUT2D eigenvalue weighted by Gasteiger charge is -2.38. The summed E-state index contributed by atoms with van der Waals surface area (Å²) in [5, 5.41) is 0.612. The summed E-state index contributed by atoms with van der Waals surface area (Å²) in [7, 11) is 0. The van der Waals surface area contributed by atoms with Gasteiger partial charge in [-0.25, -0.2) is 9.78 Å². The number of aryl methyl sites for hydroxylation is 1. The van der Waals surface area contributed by atoms with Gasteiger partial charge < -0.3 is 42.8 Å². The van der Waals surface area contributed by atoms with Gasteiger partial charge in [0.2, 0.25) is 5.91 Å². The number of ether oxygens (including phenoxy) is 6. The van der Waals surface area contributed by atoms with E-state index in [2.05, 4.69) is 9.55 Å². The minimum Gasteiger partial charge on any atom is -0.446 e. The Hall–Kier alpha value is -3.33. The highest BCUT2D eigenvalue weighted by molar-refractivity contribution is 6.31. The van der Waals surface area contributed by atoms with E-state index in [4.69, 9.17) is 45.0 Å². The molecule has 6 rings (SSSR count). The summed E-state index contributed by atoms with van der Waals surface area (Å²) in [5.74, 6) is 0.813. The maximum atomic E-state index is 14.4. The molecule has 51 heavy (non-hydrogen) atoms. The molecule has 278 valence electrons. The van der Waals surface area contributed by atoms with Crippen LogP contribution in [0.3, 0.4) is 0 Å². The number of aromatic nitrogens is 3. The van der Waals surface area contributed by atoms with Crippen LogP contribution >= 0.6 is 11.6 Å². The summed E-state index contributed by atoms with van der Waals surface area (Å²) >= 11 is 6.36. The predicted octanol–water partition coefficient (Wildman–Crippen LogP) is 5.15. The van der Waals surface area contributed by atoms with Gasteiger partial charge in [0.05, 0.1) is 87.7 Å². The van der Waals surface area contributed by atoms with Crippen LogP contribution in [0.1, 0.15) is 56.8 Å². The van der Waals surface area contributed by atoms with Gasteiger partial charge in [0.1, 0.15) is 11.9 Å². The Kier molecular flexibility index (Phi) is 13.5. The number of anilines is 1. The molecule has 3 aliphatic rings. The van der Waals surface area contributed by atoms with Gasteiger partial charge in [0.25, 0.3) is 0 Å². The molecular formula is C37H50ClN5O8. The number of halogens is 1. The number of hydrogen-bond acceptors (Lipinski definition) is 10. The summed E-state index contributed by atoms with van der Waals surface area (Å²) < 4.78 is 35.3. The summed E-state index contributed by atoms with van der Waals surface area (Å²) in [6.07, 6.45) is 7.96. The van der Waals surface area contributed by atoms with Gasteiger partial charge in [-0.15, -0.1) is 0 Å². The van der Waals surface area contributed by atoms with Crippen molar-refractivity contribution in [3.05, 3.63) is 53.1 Å². The van der Waals surface area contributed by atoms with Crippen molar-refractivity contribution in [3.8, 4) is 0 Å². The third kappa shape index (κ3) is 9.57. The van der Waals surface area contributed by atoms with Crippen LogP contribution < -0.4 is 4.90 Å². The molecule has 3 aromatic rings. The maximum Gasteiger partial charge on any atom is 0.410 e. The monoisotopic (exact) mass is 727 g/mol. The Morgan fingerprint density at radius 3 is 2.24 bits per heavy atom. The van der Waals surface area contributed by atoms with Crippen LogP contribution in [-0.4, -0.2) is 117 Å². The smallest absolute Gasteiger partial charge is 0.410 e. The molecule has 2 fully saturated rings. The summed E-state index contributed by atoms with van der Waals surface area (Å²) in [4.78, 5) is 39.9. The summed E-state index contributed by atoms with van der Waals surface area (Å²) in [6, 6.07) is 7.67. The number of rotatable bonds is 21. The lowest BCUT2D eigenvalue weighted by atomic mass is 9.74. The SMILES string of the molecule is CCOCCOCCOCCOCCOCCCCn1c(CN2C(=O)C3(CCN(C(=O)OC4CC4)CC3)c3ccncc32)nc2cc(Cl)ccc21. The average Bonchev–Trinajstić information content (AvgIpc) is 3.86. The van der Waals surface area contributed by atoms with Crippen molar-refractivity contribution in [2.24, 2.45) is 0 Å². The number of likely N-dealkylation sites (tertiary alicyclic amines) is 1. The van der Waals surface area contributed by atoms with Gasteiger partial charge in [-0.3, -0.25) is 9.78 Å². The first-order chi connectivity index (χ1) is 25.0. The topological polar surface area (TPSA) is 127 Å². The number of hydrogen-bond donors (Lipinski definition) is 0. The van der Waals surface area contributed by atoms with Gasteiger partial charge in [0, 0.05) is 44.1 Å². The number of fused-ring (bicyclic) bond motifs is 3. The van der Waals surface area contributed by atoms with Crippen molar-refractivity contribution in [1.29, 1.82) is 0 Å². The number of amides is 2. The fourth-order valence-electron chi connectivity index (χ4n) is 6.77. The van der Waals surface area contributed by atoms with Gasteiger partial charge in [-0.1, -0.05) is 11.6 Å². The van der Waals surface area contributed by atoms with E-state index in [0.717, 1.165) is 53.8 Å². The molecule has 14 heteroatoms. The molecule has 0 unspecified atom stereocenters. The number of imidazole rings is 1. The average molecular weight is 728 g/mol. The molecule has 2 aromatic heterocycles. The van der Waals surface area contributed by atoms with E-state index in [0.29, 0.717) is 110 Å². The zero-order chi connectivity index (χ0) is 35.5. The third-order valence-electron chi connectivity index (χ3n) is 9.63. The van der Waals surface area contributed by atoms with Crippen LogP contribution in [0.15, 0.2) is 36.7 Å². The zero-order valence-corrected chi connectivity index (χ0v) is 30.3. The standard InChI is InChI=1S/C37H50ClN5O8/c1-2-46-17-18-48-21-22-50-24-23-49-20-19-47-16-4-3-13-42-32-8-5-28(38)25-31(32)40-34(42)27-43-33-26-39-12-9-30(33)37(35(43)44)10-14-41(15-11-37)36(45)51-29-6-7-29/h5,8-9,12,25-26,29H,2-4,6-7,10-11,13-24,27H2,1H3. The van der Waals surface area contributed by atoms with Crippen LogP contribution in [0, 0.1) is 0 Å². The van der Waals surface area contributed by atoms with Gasteiger partial charge in [-0.2, -0.15) is 0 Å². The Morgan fingerprint density at radius 1 is 0.902 bits per heavy atom. The Bertz CT molecular complexity index is 1590. The number of benzene rings is 1. The van der Waals surface area contributed by atoms with E-state index in [1.54, 1.807) is 17.3 Å². The number of unbranched alkanes of at least 4 members (excludes halogenated alkanes) is 1. The molecule has 1 saturated heterocycles. The van der Waals surface area contributed by atoms with Crippen LogP contribution in [0.4, 0.5) is 10.5 Å². The number of carbonyl (C=O) groups is 2. The van der Waals surface area contributed by atoms with Crippen molar-refractivity contribution in [3.63, 3.8) is 0 Å². The van der Waals surface area contributed by atoms with Gasteiger partial charge in [-0.05, 0) is 75.3 Å². The second-order valence-corrected chi connectivity index (χ2v) is 13.5. The number of nitrogens with zero attached hydrogens (tertiary/aromatic N) is 5. The van der Waals surface area contributed by atoms with E-state index in [1.165, 1.54) is 0 Å². The first kappa shape index (κ1) is 37.4. The molecule has 0 bridgehead atoms. The van der Waals surface area contributed by atoms with Crippen LogP contribution in [0.25, 0.3) is 11.0 Å². The minimum atomic E-state index is -0.707. The van der Waals surface area contributed by atoms with Gasteiger partial charge in [0.15, 0.2) is 0 Å². The predicted molar refractivity (Wildman–Crippen MR) is 191 cm³/mol. The lowest BCUT2D eigenvalue weighted by Crippen LogP contribution is -2.50. The fraction of sp³-hybridized carbons (Fsp3) is 0.622. The van der Waals surface area contributed by atoms with E-state index in [1.807, 2.05) is 36.1 Å². The normalized spacial score (nSPS) is 16.8. The molecule has 0 radical (unpaired) electrons. The van der Waals surface area contributed by atoms with Crippen molar-refractivity contribution in [1.82, 2.24) is 19.4 Å². The maximum absolute atomic E-state index is 14.4. The van der Waals surface area contributed by atoms with Crippen molar-refractivity contribution in [2.75, 3.05) is 84.1 Å². The fourth-order valence-corrected chi connectivity index (χ4v) is 6.93. The Labute approximate surface area is 304 Å². The molecular weight excluding hydrogens is 678 g/mol. The lowest BCUT2D eigenvalue weighted by molar-refractivity contribution is -0.125. The molecule has 1 aliphatic carbocycles. The molecule has 1 saturated carbocycles. The quantitative estimate of drug-likeness (QED) is 0.136. The third-order valence-corrected chi connectivity index (χ3v) is 9.86. The largest absolute Gasteiger partial charge is 0.446 e. The van der Waals surface area contributed by atoms with Crippen LogP contribution in [0.2, 0.25) is 5.02 Å². The number of pyridine rings is 1. The van der Waals surface area contributed by atoms with E-state index >= 15 is 0 Å². The molecule has 1 spiro atoms. The van der Waals surface area contributed by atoms with Crippen molar-refractivity contribution < 1.29 is 38.0 Å². The first-order valence-corrected chi connectivity index (χ1v) is 18.6. The van der Waals surface area contributed by atoms with Crippen LogP contribution in [-0.2, 0) is 51.7 Å². The summed E-state index contributed by atoms with van der Waals surface area (Å²) in [6.45, 7) is 9.55. The second-order valence-electron chi connectivity index (χ2n) is 13.1. The molecule has 2 amide bonds. The van der Waals surface area contributed by atoms with Crippen molar-refractivity contribution in [2.45, 2.75) is 70.1 Å². The Morgan fingerprint density at radius 2 is 1.57 bits per heavy atom. The van der Waals surface area contributed by atoms with Crippen molar-refractivity contribution >= 4 is 40.3 Å². The van der Waals surface area contributed by atoms with E-state index in [-0.39, 0.29) is 18.1 Å². The second kappa shape index (κ2) is 18.4. The molecule has 0 atom stereocenters. The summed E-state index contributed by atoms with van der Waals surface area (Å²) in [5.41, 5.74) is 2.83. The number of carbonyl (C=O) groups excluding carboxylic acids is 2. The molecule has 4 heterocycles.